The molecule has 0 bridgehead atoms. The Balaban J connectivity index is 1.95. The van der Waals surface area contributed by atoms with Crippen LogP contribution in [-0.2, 0) is 13.5 Å². The average Bonchev–Trinajstić information content (AvgIpc) is 2.83. The van der Waals surface area contributed by atoms with Crippen molar-refractivity contribution < 1.29 is 0 Å². The normalized spacial score (nSPS) is 12.7. The van der Waals surface area contributed by atoms with Gasteiger partial charge in [-0.25, -0.2) is 0 Å². The number of hydrogen-bond acceptors (Lipinski definition) is 3. The summed E-state index contributed by atoms with van der Waals surface area (Å²) in [5, 5.41) is 5.30. The monoisotopic (exact) mass is 252 g/mol. The maximum absolute atomic E-state index is 6.33. The third kappa shape index (κ3) is 2.35. The summed E-state index contributed by atoms with van der Waals surface area (Å²) in [5.41, 5.74) is 9.54. The van der Waals surface area contributed by atoms with E-state index in [9.17, 15) is 0 Å². The van der Waals surface area contributed by atoms with Crippen LogP contribution in [-0.4, -0.2) is 14.8 Å². The van der Waals surface area contributed by atoms with Gasteiger partial charge in [0.05, 0.1) is 11.7 Å². The van der Waals surface area contributed by atoms with Gasteiger partial charge in [0.1, 0.15) is 0 Å². The SMILES string of the molecule is Cn1cc(CC(N)c2cccc3cccnc23)cn1. The van der Waals surface area contributed by atoms with Gasteiger partial charge in [-0.3, -0.25) is 9.67 Å². The number of rotatable bonds is 3. The first kappa shape index (κ1) is 11.9. The van der Waals surface area contributed by atoms with Crippen molar-refractivity contribution in [1.29, 1.82) is 0 Å². The van der Waals surface area contributed by atoms with E-state index in [0.29, 0.717) is 0 Å². The number of nitrogens with two attached hydrogens (primary N) is 1. The molecule has 2 heterocycles. The molecule has 3 rings (SSSR count). The number of benzene rings is 1. The summed E-state index contributed by atoms with van der Waals surface area (Å²) >= 11 is 0. The van der Waals surface area contributed by atoms with Crippen LogP contribution in [0.2, 0.25) is 0 Å². The van der Waals surface area contributed by atoms with E-state index in [1.54, 1.807) is 4.68 Å². The van der Waals surface area contributed by atoms with E-state index in [0.717, 1.165) is 28.5 Å². The molecule has 0 fully saturated rings. The zero-order valence-corrected chi connectivity index (χ0v) is 10.8. The summed E-state index contributed by atoms with van der Waals surface area (Å²) in [6.07, 6.45) is 6.43. The van der Waals surface area contributed by atoms with Crippen LogP contribution >= 0.6 is 0 Å². The van der Waals surface area contributed by atoms with Crippen LogP contribution in [0, 0.1) is 0 Å². The molecule has 0 aliphatic rings. The highest BCUT2D eigenvalue weighted by molar-refractivity contribution is 5.82. The van der Waals surface area contributed by atoms with Gasteiger partial charge in [-0.05, 0) is 23.6 Å². The van der Waals surface area contributed by atoms with Gasteiger partial charge >= 0.3 is 0 Å². The molecule has 2 aromatic heterocycles. The molecule has 2 N–H and O–H groups in total. The Morgan fingerprint density at radius 3 is 2.89 bits per heavy atom. The molecular formula is C15H16N4. The molecule has 4 heteroatoms. The molecule has 1 aromatic carbocycles. The number of para-hydroxylation sites is 1. The molecule has 0 radical (unpaired) electrons. The summed E-state index contributed by atoms with van der Waals surface area (Å²) in [4.78, 5) is 4.45. The Morgan fingerprint density at radius 2 is 2.11 bits per heavy atom. The number of nitrogens with zero attached hydrogens (tertiary/aromatic N) is 3. The van der Waals surface area contributed by atoms with Crippen LogP contribution in [0.3, 0.4) is 0 Å². The van der Waals surface area contributed by atoms with Crippen molar-refractivity contribution in [2.24, 2.45) is 12.8 Å². The van der Waals surface area contributed by atoms with E-state index >= 15 is 0 Å². The fourth-order valence-electron chi connectivity index (χ4n) is 2.37. The van der Waals surface area contributed by atoms with Gasteiger partial charge in [0.2, 0.25) is 0 Å². The standard InChI is InChI=1S/C15H16N4/c1-19-10-11(9-18-19)8-14(16)13-6-2-4-12-5-3-7-17-15(12)13/h2-7,9-10,14H,8,16H2,1H3. The molecular weight excluding hydrogens is 236 g/mol. The predicted molar refractivity (Wildman–Crippen MR) is 75.6 cm³/mol. The molecule has 19 heavy (non-hydrogen) atoms. The number of hydrogen-bond donors (Lipinski definition) is 1. The summed E-state index contributed by atoms with van der Waals surface area (Å²) in [7, 11) is 1.91. The van der Waals surface area contributed by atoms with Crippen LogP contribution in [0.4, 0.5) is 0 Å². The Morgan fingerprint density at radius 1 is 1.26 bits per heavy atom. The van der Waals surface area contributed by atoms with Crippen molar-refractivity contribution in [2.75, 3.05) is 0 Å². The first-order chi connectivity index (χ1) is 9.24. The second kappa shape index (κ2) is 4.82. The van der Waals surface area contributed by atoms with Crippen molar-refractivity contribution in [1.82, 2.24) is 14.8 Å². The molecule has 1 atom stereocenters. The lowest BCUT2D eigenvalue weighted by molar-refractivity contribution is 0.723. The second-order valence-electron chi connectivity index (χ2n) is 4.76. The molecule has 0 aliphatic carbocycles. The van der Waals surface area contributed by atoms with Gasteiger partial charge in [-0.1, -0.05) is 24.3 Å². The maximum atomic E-state index is 6.33. The van der Waals surface area contributed by atoms with E-state index in [1.165, 1.54) is 0 Å². The van der Waals surface area contributed by atoms with Gasteiger partial charge in [0.25, 0.3) is 0 Å². The lowest BCUT2D eigenvalue weighted by Crippen LogP contribution is -2.13. The van der Waals surface area contributed by atoms with Crippen LogP contribution in [0.1, 0.15) is 17.2 Å². The predicted octanol–water partition coefficient (Wildman–Crippen LogP) is 2.21. The molecule has 96 valence electrons. The Bertz CT molecular complexity index is 697. The van der Waals surface area contributed by atoms with Crippen molar-refractivity contribution in [2.45, 2.75) is 12.5 Å². The highest BCUT2D eigenvalue weighted by Crippen LogP contribution is 2.23. The minimum Gasteiger partial charge on any atom is -0.324 e. The van der Waals surface area contributed by atoms with Gasteiger partial charge < -0.3 is 5.73 Å². The minimum atomic E-state index is -0.0669. The highest BCUT2D eigenvalue weighted by Gasteiger charge is 2.12. The Labute approximate surface area is 111 Å². The minimum absolute atomic E-state index is 0.0669. The molecule has 0 saturated carbocycles. The average molecular weight is 252 g/mol. The topological polar surface area (TPSA) is 56.7 Å². The van der Waals surface area contributed by atoms with Crippen LogP contribution in [0.5, 0.6) is 0 Å². The van der Waals surface area contributed by atoms with E-state index in [1.807, 2.05) is 37.8 Å². The third-order valence-electron chi connectivity index (χ3n) is 3.28. The van der Waals surface area contributed by atoms with Crippen LogP contribution in [0.25, 0.3) is 10.9 Å². The van der Waals surface area contributed by atoms with Gasteiger partial charge in [-0.2, -0.15) is 5.10 Å². The number of aryl methyl sites for hydroxylation is 1. The van der Waals surface area contributed by atoms with E-state index < -0.39 is 0 Å². The molecule has 4 nitrogen and oxygen atoms in total. The quantitative estimate of drug-likeness (QED) is 0.777. The van der Waals surface area contributed by atoms with Gasteiger partial charge in [0, 0.05) is 30.9 Å². The smallest absolute Gasteiger partial charge is 0.0749 e. The maximum Gasteiger partial charge on any atom is 0.0749 e. The fourth-order valence-corrected chi connectivity index (χ4v) is 2.37. The van der Waals surface area contributed by atoms with E-state index in [2.05, 4.69) is 28.3 Å². The van der Waals surface area contributed by atoms with Gasteiger partial charge in [-0.15, -0.1) is 0 Å². The highest BCUT2D eigenvalue weighted by atomic mass is 15.2. The molecule has 0 saturated heterocycles. The lowest BCUT2D eigenvalue weighted by Gasteiger charge is -2.13. The van der Waals surface area contributed by atoms with Crippen LogP contribution in [0.15, 0.2) is 48.9 Å². The van der Waals surface area contributed by atoms with E-state index in [-0.39, 0.29) is 6.04 Å². The molecule has 1 unspecified atom stereocenters. The molecule has 0 spiro atoms. The summed E-state index contributed by atoms with van der Waals surface area (Å²) < 4.78 is 1.80. The zero-order valence-electron chi connectivity index (χ0n) is 10.8. The molecule has 0 aliphatic heterocycles. The summed E-state index contributed by atoms with van der Waals surface area (Å²) in [6, 6.07) is 10.1. The fraction of sp³-hybridized carbons (Fsp3) is 0.200. The number of pyridine rings is 1. The Hall–Kier alpha value is -2.20. The molecule has 0 amide bonds. The van der Waals surface area contributed by atoms with Crippen molar-refractivity contribution in [3.63, 3.8) is 0 Å². The summed E-state index contributed by atoms with van der Waals surface area (Å²) in [6.45, 7) is 0. The van der Waals surface area contributed by atoms with Gasteiger partial charge in [0.15, 0.2) is 0 Å². The Kier molecular flexibility index (Phi) is 3.01. The van der Waals surface area contributed by atoms with Crippen molar-refractivity contribution in [3.05, 3.63) is 60.0 Å². The van der Waals surface area contributed by atoms with E-state index in [4.69, 9.17) is 5.73 Å². The van der Waals surface area contributed by atoms with Crippen molar-refractivity contribution >= 4 is 10.9 Å². The second-order valence-corrected chi connectivity index (χ2v) is 4.76. The molecule has 3 aromatic rings. The van der Waals surface area contributed by atoms with Crippen LogP contribution < -0.4 is 5.73 Å². The first-order valence-corrected chi connectivity index (χ1v) is 6.31. The zero-order chi connectivity index (χ0) is 13.2. The lowest BCUT2D eigenvalue weighted by atomic mass is 9.99. The van der Waals surface area contributed by atoms with Crippen molar-refractivity contribution in [3.8, 4) is 0 Å². The largest absolute Gasteiger partial charge is 0.324 e. The number of aromatic nitrogens is 3. The summed E-state index contributed by atoms with van der Waals surface area (Å²) in [5.74, 6) is 0. The third-order valence-corrected chi connectivity index (χ3v) is 3.28. The first-order valence-electron chi connectivity index (χ1n) is 6.31. The number of fused-ring (bicyclic) bond motifs is 1.